The van der Waals surface area contributed by atoms with Crippen LogP contribution in [0.4, 0.5) is 4.39 Å². The second-order valence-corrected chi connectivity index (χ2v) is 8.78. The van der Waals surface area contributed by atoms with E-state index in [2.05, 4.69) is 10.3 Å². The topological polar surface area (TPSA) is 63.5 Å². The number of fused-ring (bicyclic) bond motifs is 1. The Morgan fingerprint density at radius 1 is 1.15 bits per heavy atom. The first-order valence-corrected chi connectivity index (χ1v) is 10.5. The second-order valence-electron chi connectivity index (χ2n) is 6.76. The quantitative estimate of drug-likeness (QED) is 0.767. The molecule has 0 unspecified atom stereocenters. The fraction of sp³-hybridized carbons (Fsp3) is 0.316. The Bertz CT molecular complexity index is 1050. The molecule has 1 aliphatic rings. The fourth-order valence-corrected chi connectivity index (χ4v) is 4.12. The Kier molecular flexibility index (Phi) is 4.28. The molecule has 1 aromatic carbocycles. The first-order chi connectivity index (χ1) is 12.4. The van der Waals surface area contributed by atoms with Gasteiger partial charge in [0, 0.05) is 24.2 Å². The van der Waals surface area contributed by atoms with Gasteiger partial charge in [-0.3, -0.25) is 0 Å². The fourth-order valence-electron chi connectivity index (χ4n) is 3.49. The standard InChI is InChI=1S/C19H20FN3O2S/c1-26(24,25)15-4-2-14(3-5-15)17-12-23-11-8-16(18(20)19(23)22-17)13-6-9-21-10-7-13/h2-5,8,11-13,21H,6-7,9-10H2,1H3. The van der Waals surface area contributed by atoms with Gasteiger partial charge in [0.15, 0.2) is 21.3 Å². The van der Waals surface area contributed by atoms with Crippen LogP contribution in [0.3, 0.4) is 0 Å². The summed E-state index contributed by atoms with van der Waals surface area (Å²) in [6.07, 6.45) is 6.63. The summed E-state index contributed by atoms with van der Waals surface area (Å²) in [6, 6.07) is 8.33. The molecule has 0 radical (unpaired) electrons. The van der Waals surface area contributed by atoms with Crippen LogP contribution in [0.1, 0.15) is 24.3 Å². The van der Waals surface area contributed by atoms with Gasteiger partial charge in [-0.2, -0.15) is 0 Å². The van der Waals surface area contributed by atoms with Gasteiger partial charge in [0.25, 0.3) is 0 Å². The van der Waals surface area contributed by atoms with Crippen molar-refractivity contribution < 1.29 is 12.8 Å². The van der Waals surface area contributed by atoms with Crippen LogP contribution in [-0.4, -0.2) is 37.1 Å². The summed E-state index contributed by atoms with van der Waals surface area (Å²) in [7, 11) is -3.24. The highest BCUT2D eigenvalue weighted by Crippen LogP contribution is 2.30. The van der Waals surface area contributed by atoms with Crippen LogP contribution in [0.2, 0.25) is 0 Å². The van der Waals surface area contributed by atoms with Crippen LogP contribution in [0.5, 0.6) is 0 Å². The van der Waals surface area contributed by atoms with E-state index in [0.29, 0.717) is 11.3 Å². The van der Waals surface area contributed by atoms with E-state index in [0.717, 1.165) is 37.1 Å². The van der Waals surface area contributed by atoms with Crippen LogP contribution < -0.4 is 5.32 Å². The third-order valence-corrected chi connectivity index (χ3v) is 6.08. The Morgan fingerprint density at radius 3 is 2.50 bits per heavy atom. The molecule has 5 nitrogen and oxygen atoms in total. The first-order valence-electron chi connectivity index (χ1n) is 8.62. The molecule has 0 aliphatic carbocycles. The molecule has 26 heavy (non-hydrogen) atoms. The largest absolute Gasteiger partial charge is 0.317 e. The summed E-state index contributed by atoms with van der Waals surface area (Å²) in [6.45, 7) is 1.81. The van der Waals surface area contributed by atoms with Crippen molar-refractivity contribution in [1.82, 2.24) is 14.7 Å². The molecule has 1 aliphatic heterocycles. The summed E-state index contributed by atoms with van der Waals surface area (Å²) in [4.78, 5) is 4.71. The SMILES string of the molecule is CS(=O)(=O)c1ccc(-c2cn3ccc(C4CCNCC4)c(F)c3n2)cc1. The van der Waals surface area contributed by atoms with Gasteiger partial charge in [-0.25, -0.2) is 17.8 Å². The van der Waals surface area contributed by atoms with Crippen molar-refractivity contribution in [2.45, 2.75) is 23.7 Å². The van der Waals surface area contributed by atoms with E-state index in [1.165, 1.54) is 6.26 Å². The number of rotatable bonds is 3. The number of pyridine rings is 1. The van der Waals surface area contributed by atoms with Gasteiger partial charge in [-0.05, 0) is 55.6 Å². The van der Waals surface area contributed by atoms with Gasteiger partial charge >= 0.3 is 0 Å². The molecule has 3 heterocycles. The molecule has 1 N–H and O–H groups in total. The zero-order valence-corrected chi connectivity index (χ0v) is 15.3. The number of nitrogens with zero attached hydrogens (tertiary/aromatic N) is 2. The number of hydrogen-bond donors (Lipinski definition) is 1. The molecule has 1 saturated heterocycles. The van der Waals surface area contributed by atoms with Gasteiger partial charge < -0.3 is 9.72 Å². The number of sulfone groups is 1. The highest BCUT2D eigenvalue weighted by Gasteiger charge is 2.21. The summed E-state index contributed by atoms with van der Waals surface area (Å²) < 4.78 is 39.9. The van der Waals surface area contributed by atoms with E-state index in [1.54, 1.807) is 34.9 Å². The number of aromatic nitrogens is 2. The molecule has 136 valence electrons. The van der Waals surface area contributed by atoms with Crippen molar-refractivity contribution in [2.24, 2.45) is 0 Å². The first kappa shape index (κ1) is 17.2. The Morgan fingerprint density at radius 2 is 1.85 bits per heavy atom. The highest BCUT2D eigenvalue weighted by molar-refractivity contribution is 7.90. The number of benzene rings is 1. The van der Waals surface area contributed by atoms with E-state index in [4.69, 9.17) is 0 Å². The third-order valence-electron chi connectivity index (χ3n) is 4.95. The lowest BCUT2D eigenvalue weighted by molar-refractivity contribution is 0.445. The molecule has 4 rings (SSSR count). The van der Waals surface area contributed by atoms with Crippen LogP contribution >= 0.6 is 0 Å². The second kappa shape index (κ2) is 6.48. The highest BCUT2D eigenvalue weighted by atomic mass is 32.2. The maximum Gasteiger partial charge on any atom is 0.175 e. The van der Waals surface area contributed by atoms with E-state index in [9.17, 15) is 8.42 Å². The zero-order chi connectivity index (χ0) is 18.3. The average Bonchev–Trinajstić information content (AvgIpc) is 3.07. The number of imidazole rings is 1. The lowest BCUT2D eigenvalue weighted by Crippen LogP contribution is -2.27. The van der Waals surface area contributed by atoms with Gasteiger partial charge in [0.2, 0.25) is 0 Å². The average molecular weight is 373 g/mol. The predicted octanol–water partition coefficient (Wildman–Crippen LogP) is 3.01. The lowest BCUT2D eigenvalue weighted by atomic mass is 9.90. The summed E-state index contributed by atoms with van der Waals surface area (Å²) in [5.74, 6) is -0.0474. The molecule has 7 heteroatoms. The van der Waals surface area contributed by atoms with E-state index in [1.807, 2.05) is 12.3 Å². The zero-order valence-electron chi connectivity index (χ0n) is 14.4. The molecule has 0 bridgehead atoms. The van der Waals surface area contributed by atoms with Crippen molar-refractivity contribution in [3.8, 4) is 11.3 Å². The van der Waals surface area contributed by atoms with E-state index in [-0.39, 0.29) is 16.6 Å². The Labute approximate surface area is 151 Å². The van der Waals surface area contributed by atoms with Gasteiger partial charge in [0.1, 0.15) is 0 Å². The molecule has 2 aromatic heterocycles. The number of piperidine rings is 1. The minimum Gasteiger partial charge on any atom is -0.317 e. The lowest BCUT2D eigenvalue weighted by Gasteiger charge is -2.23. The monoisotopic (exact) mass is 373 g/mol. The van der Waals surface area contributed by atoms with Crippen LogP contribution in [0.15, 0.2) is 47.6 Å². The number of hydrogen-bond acceptors (Lipinski definition) is 4. The van der Waals surface area contributed by atoms with Gasteiger partial charge in [-0.15, -0.1) is 0 Å². The van der Waals surface area contributed by atoms with Crippen molar-refractivity contribution in [3.63, 3.8) is 0 Å². The Hall–Kier alpha value is -2.25. The molecule has 0 amide bonds. The summed E-state index contributed by atoms with van der Waals surface area (Å²) >= 11 is 0. The molecule has 3 aromatic rings. The van der Waals surface area contributed by atoms with Crippen molar-refractivity contribution in [3.05, 3.63) is 54.1 Å². The van der Waals surface area contributed by atoms with Crippen molar-refractivity contribution in [2.75, 3.05) is 19.3 Å². The summed E-state index contributed by atoms with van der Waals surface area (Å²) in [5.41, 5.74) is 2.40. The number of nitrogens with one attached hydrogen (secondary N) is 1. The normalized spacial score (nSPS) is 16.2. The van der Waals surface area contributed by atoms with Crippen LogP contribution in [0.25, 0.3) is 16.9 Å². The van der Waals surface area contributed by atoms with E-state index < -0.39 is 9.84 Å². The minimum absolute atomic E-state index is 0.218. The van der Waals surface area contributed by atoms with Crippen LogP contribution in [0, 0.1) is 5.82 Å². The number of halogens is 1. The summed E-state index contributed by atoms with van der Waals surface area (Å²) in [5, 5.41) is 3.30. The minimum atomic E-state index is -3.24. The molecule has 1 fully saturated rings. The van der Waals surface area contributed by atoms with Gasteiger partial charge in [0.05, 0.1) is 10.6 Å². The smallest absolute Gasteiger partial charge is 0.175 e. The molecular formula is C19H20FN3O2S. The molecule has 0 atom stereocenters. The van der Waals surface area contributed by atoms with Crippen molar-refractivity contribution in [1.29, 1.82) is 0 Å². The molecular weight excluding hydrogens is 353 g/mol. The molecule has 0 spiro atoms. The van der Waals surface area contributed by atoms with Crippen LogP contribution in [-0.2, 0) is 9.84 Å². The van der Waals surface area contributed by atoms with Crippen molar-refractivity contribution >= 4 is 15.5 Å². The molecule has 0 saturated carbocycles. The maximum atomic E-state index is 15.0. The maximum absolute atomic E-state index is 15.0. The predicted molar refractivity (Wildman–Crippen MR) is 98.5 cm³/mol. The third kappa shape index (κ3) is 3.12. The van der Waals surface area contributed by atoms with Gasteiger partial charge in [-0.1, -0.05) is 12.1 Å². The van der Waals surface area contributed by atoms with E-state index >= 15 is 4.39 Å². The Balaban J connectivity index is 1.72.